The number of carbonyl (C=O) groups excluding carboxylic acids is 1. The van der Waals surface area contributed by atoms with Crippen LogP contribution in [0.2, 0.25) is 0 Å². The monoisotopic (exact) mass is 548 g/mol. The van der Waals surface area contributed by atoms with Crippen molar-refractivity contribution in [1.29, 1.82) is 0 Å². The number of nitrogens with zero attached hydrogens (tertiary/aromatic N) is 4. The summed E-state index contributed by atoms with van der Waals surface area (Å²) in [6, 6.07) is 0.380. The summed E-state index contributed by atoms with van der Waals surface area (Å²) in [7, 11) is 4.21. The minimum atomic E-state index is -5.08. The molecular formula is C22H25F5N6O5. The zero-order valence-electron chi connectivity index (χ0n) is 20.5. The summed E-state index contributed by atoms with van der Waals surface area (Å²) in [4.78, 5) is 33.8. The lowest BCUT2D eigenvalue weighted by Crippen LogP contribution is -2.55. The van der Waals surface area contributed by atoms with Gasteiger partial charge < -0.3 is 25.2 Å². The molecule has 1 aromatic carbocycles. The first kappa shape index (κ1) is 28.6. The number of hydrogen-bond acceptors (Lipinski definition) is 8. The van der Waals surface area contributed by atoms with Gasteiger partial charge in [0, 0.05) is 30.9 Å². The standard InChI is InChI=1S/C20H24F2N6O3.C2HF3O2/c1-23-19-25-9-11-10-27(17-15(21)13(30-2)8-14(31-3)16(17)22)20(29)28(18(11)26-19)12-4-6-24-7-5-12;3-2(4,5)1(6)7/h8-9,12,24H,4-7,10H2,1-3H3,(H,23,25,26);(H,6,7). The second-order valence-electron chi connectivity index (χ2n) is 8.07. The predicted octanol–water partition coefficient (Wildman–Crippen LogP) is 3.15. The molecule has 1 aromatic heterocycles. The summed E-state index contributed by atoms with van der Waals surface area (Å²) in [6.45, 7) is 1.36. The Morgan fingerprint density at radius 1 is 1.16 bits per heavy atom. The first-order chi connectivity index (χ1) is 17.9. The van der Waals surface area contributed by atoms with Gasteiger partial charge in [0.25, 0.3) is 0 Å². The Hall–Kier alpha value is -3.95. The van der Waals surface area contributed by atoms with E-state index in [1.165, 1.54) is 19.1 Å². The lowest BCUT2D eigenvalue weighted by Gasteiger charge is -2.41. The molecule has 11 nitrogen and oxygen atoms in total. The summed E-state index contributed by atoms with van der Waals surface area (Å²) in [6.07, 6.45) is -2.15. The van der Waals surface area contributed by atoms with E-state index in [0.717, 1.165) is 24.1 Å². The Labute approximate surface area is 213 Å². The maximum Gasteiger partial charge on any atom is 0.490 e. The number of hydrogen-bond donors (Lipinski definition) is 3. The van der Waals surface area contributed by atoms with Crippen LogP contribution < -0.4 is 29.9 Å². The summed E-state index contributed by atoms with van der Waals surface area (Å²) >= 11 is 0. The molecule has 2 amide bonds. The molecule has 2 aromatic rings. The number of ether oxygens (including phenoxy) is 2. The third-order valence-electron chi connectivity index (χ3n) is 5.80. The first-order valence-electron chi connectivity index (χ1n) is 11.2. The van der Waals surface area contributed by atoms with E-state index >= 15 is 8.78 Å². The predicted molar refractivity (Wildman–Crippen MR) is 125 cm³/mol. The van der Waals surface area contributed by atoms with Gasteiger partial charge in [-0.25, -0.2) is 23.4 Å². The number of aromatic nitrogens is 2. The highest BCUT2D eigenvalue weighted by atomic mass is 19.4. The fraction of sp³-hybridized carbons (Fsp3) is 0.455. The minimum Gasteiger partial charge on any atom is -0.493 e. The Kier molecular flexibility index (Phi) is 8.75. The van der Waals surface area contributed by atoms with Crippen LogP contribution in [0.3, 0.4) is 0 Å². The average Bonchev–Trinajstić information content (AvgIpc) is 2.89. The quantitative estimate of drug-likeness (QED) is 0.483. The Morgan fingerprint density at radius 2 is 1.71 bits per heavy atom. The zero-order valence-corrected chi connectivity index (χ0v) is 20.5. The molecule has 0 spiro atoms. The molecule has 0 atom stereocenters. The largest absolute Gasteiger partial charge is 0.493 e. The minimum absolute atomic E-state index is 0.0935. The highest BCUT2D eigenvalue weighted by molar-refractivity contribution is 6.06. The molecular weight excluding hydrogens is 523 g/mol. The van der Waals surface area contributed by atoms with E-state index in [1.807, 2.05) is 0 Å². The molecule has 0 unspecified atom stereocenters. The number of methoxy groups -OCH3 is 2. The van der Waals surface area contributed by atoms with Gasteiger partial charge in [-0.1, -0.05) is 0 Å². The molecule has 38 heavy (non-hydrogen) atoms. The number of carboxylic acid groups (broad SMARTS) is 1. The van der Waals surface area contributed by atoms with Crippen molar-refractivity contribution in [3.63, 3.8) is 0 Å². The molecule has 1 saturated heterocycles. The number of fused-ring (bicyclic) bond motifs is 1. The van der Waals surface area contributed by atoms with Gasteiger partial charge in [0.05, 0.1) is 20.8 Å². The van der Waals surface area contributed by atoms with Gasteiger partial charge in [0.2, 0.25) is 5.95 Å². The van der Waals surface area contributed by atoms with Gasteiger partial charge in [-0.2, -0.15) is 18.2 Å². The van der Waals surface area contributed by atoms with Crippen molar-refractivity contribution < 1.29 is 46.1 Å². The first-order valence-corrected chi connectivity index (χ1v) is 11.2. The highest BCUT2D eigenvalue weighted by Crippen LogP contribution is 2.41. The van der Waals surface area contributed by atoms with Crippen LogP contribution in [-0.2, 0) is 11.3 Å². The van der Waals surface area contributed by atoms with Gasteiger partial charge >= 0.3 is 18.2 Å². The van der Waals surface area contributed by atoms with Crippen molar-refractivity contribution in [3.05, 3.63) is 29.5 Å². The number of halogens is 5. The maximum absolute atomic E-state index is 15.2. The van der Waals surface area contributed by atoms with Crippen LogP contribution in [0, 0.1) is 11.6 Å². The smallest absolute Gasteiger partial charge is 0.490 e. The Morgan fingerprint density at radius 3 is 2.18 bits per heavy atom. The SMILES string of the molecule is CNc1ncc2c(n1)N(C1CCNCC1)C(=O)N(c1c(F)c(OC)cc(OC)c1F)C2.O=C(O)C(F)(F)F. The number of amides is 2. The number of benzene rings is 1. The molecule has 4 rings (SSSR count). The highest BCUT2D eigenvalue weighted by Gasteiger charge is 2.41. The van der Waals surface area contributed by atoms with Crippen molar-refractivity contribution in [2.75, 3.05) is 49.5 Å². The fourth-order valence-electron chi connectivity index (χ4n) is 3.98. The van der Waals surface area contributed by atoms with Crippen LogP contribution >= 0.6 is 0 Å². The summed E-state index contributed by atoms with van der Waals surface area (Å²) < 4.78 is 72.2. The average molecular weight is 548 g/mol. The van der Waals surface area contributed by atoms with E-state index < -0.39 is 35.5 Å². The number of alkyl halides is 3. The number of piperidine rings is 1. The van der Waals surface area contributed by atoms with E-state index in [-0.39, 0.29) is 24.1 Å². The second kappa shape index (κ2) is 11.6. The Balaban J connectivity index is 0.000000505. The molecule has 0 saturated carbocycles. The molecule has 208 valence electrons. The molecule has 3 heterocycles. The third-order valence-corrected chi connectivity index (χ3v) is 5.80. The molecule has 2 aliphatic heterocycles. The van der Waals surface area contributed by atoms with E-state index in [2.05, 4.69) is 20.6 Å². The topological polar surface area (TPSA) is 129 Å². The van der Waals surface area contributed by atoms with Crippen LogP contribution in [0.5, 0.6) is 11.5 Å². The number of carboxylic acids is 1. The van der Waals surface area contributed by atoms with E-state index in [1.54, 1.807) is 13.2 Å². The number of anilines is 3. The molecule has 3 N–H and O–H groups in total. The van der Waals surface area contributed by atoms with Crippen molar-refractivity contribution in [2.24, 2.45) is 0 Å². The van der Waals surface area contributed by atoms with Crippen LogP contribution in [0.1, 0.15) is 18.4 Å². The summed E-state index contributed by atoms with van der Waals surface area (Å²) in [5, 5.41) is 13.2. The van der Waals surface area contributed by atoms with Gasteiger partial charge in [-0.3, -0.25) is 9.80 Å². The molecule has 16 heteroatoms. The van der Waals surface area contributed by atoms with Crippen molar-refractivity contribution in [2.45, 2.75) is 31.6 Å². The van der Waals surface area contributed by atoms with Crippen molar-refractivity contribution in [1.82, 2.24) is 15.3 Å². The van der Waals surface area contributed by atoms with Gasteiger partial charge in [0.1, 0.15) is 11.5 Å². The van der Waals surface area contributed by atoms with Gasteiger partial charge in [0.15, 0.2) is 23.1 Å². The second-order valence-corrected chi connectivity index (χ2v) is 8.07. The van der Waals surface area contributed by atoms with Crippen molar-refractivity contribution in [3.8, 4) is 11.5 Å². The molecule has 0 bridgehead atoms. The van der Waals surface area contributed by atoms with E-state index in [9.17, 15) is 18.0 Å². The lowest BCUT2D eigenvalue weighted by molar-refractivity contribution is -0.192. The van der Waals surface area contributed by atoms with Crippen LogP contribution in [0.15, 0.2) is 12.3 Å². The number of urea groups is 1. The third kappa shape index (κ3) is 5.79. The number of nitrogens with one attached hydrogen (secondary N) is 2. The normalized spacial score (nSPS) is 15.8. The van der Waals surface area contributed by atoms with Crippen LogP contribution in [0.25, 0.3) is 0 Å². The number of aliphatic carboxylic acids is 1. The number of carbonyl (C=O) groups is 2. The molecule has 0 radical (unpaired) electrons. The molecule has 1 fully saturated rings. The number of rotatable bonds is 5. The maximum atomic E-state index is 15.2. The van der Waals surface area contributed by atoms with E-state index in [4.69, 9.17) is 19.4 Å². The van der Waals surface area contributed by atoms with Crippen molar-refractivity contribution >= 4 is 29.5 Å². The van der Waals surface area contributed by atoms with Gasteiger partial charge in [-0.05, 0) is 25.9 Å². The Bertz CT molecular complexity index is 1160. The lowest BCUT2D eigenvalue weighted by atomic mass is 10.0. The zero-order chi connectivity index (χ0) is 28.2. The van der Waals surface area contributed by atoms with Gasteiger partial charge in [-0.15, -0.1) is 0 Å². The molecule has 0 aliphatic carbocycles. The fourth-order valence-corrected chi connectivity index (χ4v) is 3.98. The van der Waals surface area contributed by atoms with Crippen LogP contribution in [0.4, 0.5) is 44.2 Å². The van der Waals surface area contributed by atoms with Crippen LogP contribution in [-0.4, -0.2) is 73.6 Å². The molecule has 2 aliphatic rings. The summed E-state index contributed by atoms with van der Waals surface area (Å²) in [5.74, 6) is -4.34. The van der Waals surface area contributed by atoms with E-state index in [0.29, 0.717) is 30.2 Å². The summed E-state index contributed by atoms with van der Waals surface area (Å²) in [5.41, 5.74) is 0.0567.